The molecule has 1 aromatic rings. The molecule has 15 heavy (non-hydrogen) atoms. The van der Waals surface area contributed by atoms with E-state index in [1.807, 2.05) is 18.2 Å². The highest BCUT2D eigenvalue weighted by molar-refractivity contribution is 9.10. The van der Waals surface area contributed by atoms with E-state index in [2.05, 4.69) is 43.3 Å². The lowest BCUT2D eigenvalue weighted by Gasteiger charge is -2.24. The van der Waals surface area contributed by atoms with E-state index in [0.717, 1.165) is 10.2 Å². The molecule has 0 N–H and O–H groups in total. The third kappa shape index (κ3) is 3.10. The molecule has 2 heteroatoms. The summed E-state index contributed by atoms with van der Waals surface area (Å²) in [5, 5.41) is 0. The Morgan fingerprint density at radius 3 is 2.60 bits per heavy atom. The van der Waals surface area contributed by atoms with E-state index in [1.54, 1.807) is 6.08 Å². The molecule has 0 aliphatic heterocycles. The number of rotatable bonds is 3. The fourth-order valence-corrected chi connectivity index (χ4v) is 2.44. The molecular formula is C13H17BrO. The minimum Gasteiger partial charge on any atom is -0.489 e. The SMILES string of the molecule is C=CCOc1cccc(Br)c1C(C)(C)C. The molecule has 0 radical (unpaired) electrons. The van der Waals surface area contributed by atoms with Gasteiger partial charge in [0.05, 0.1) is 0 Å². The lowest BCUT2D eigenvalue weighted by molar-refractivity contribution is 0.350. The molecule has 0 atom stereocenters. The van der Waals surface area contributed by atoms with Gasteiger partial charge < -0.3 is 4.74 Å². The first kappa shape index (κ1) is 12.3. The van der Waals surface area contributed by atoms with E-state index >= 15 is 0 Å². The Labute approximate surface area is 100 Å². The molecule has 0 bridgehead atoms. The average Bonchev–Trinajstić information content (AvgIpc) is 2.12. The quantitative estimate of drug-likeness (QED) is 0.743. The molecule has 1 rings (SSSR count). The molecule has 0 saturated heterocycles. The Hall–Kier alpha value is -0.760. The molecule has 0 aliphatic carbocycles. The van der Waals surface area contributed by atoms with Crippen molar-refractivity contribution in [1.29, 1.82) is 0 Å². The van der Waals surface area contributed by atoms with Crippen molar-refractivity contribution in [2.24, 2.45) is 0 Å². The fraction of sp³-hybridized carbons (Fsp3) is 0.385. The highest BCUT2D eigenvalue weighted by Gasteiger charge is 2.21. The molecular weight excluding hydrogens is 252 g/mol. The summed E-state index contributed by atoms with van der Waals surface area (Å²) in [4.78, 5) is 0. The maximum absolute atomic E-state index is 5.65. The third-order valence-electron chi connectivity index (χ3n) is 2.08. The smallest absolute Gasteiger partial charge is 0.124 e. The van der Waals surface area contributed by atoms with Crippen LogP contribution in [-0.4, -0.2) is 6.61 Å². The highest BCUT2D eigenvalue weighted by Crippen LogP contribution is 2.37. The number of ether oxygens (including phenoxy) is 1. The van der Waals surface area contributed by atoms with Crippen LogP contribution in [0.3, 0.4) is 0 Å². The summed E-state index contributed by atoms with van der Waals surface area (Å²) >= 11 is 3.57. The van der Waals surface area contributed by atoms with Crippen molar-refractivity contribution in [3.05, 3.63) is 40.9 Å². The molecule has 0 amide bonds. The number of benzene rings is 1. The Kier molecular flexibility index (Phi) is 3.97. The first-order chi connectivity index (χ1) is 6.96. The Bertz CT molecular complexity index is 350. The fourth-order valence-electron chi connectivity index (χ4n) is 1.50. The van der Waals surface area contributed by atoms with Crippen molar-refractivity contribution in [2.45, 2.75) is 26.2 Å². The van der Waals surface area contributed by atoms with Gasteiger partial charge in [-0.25, -0.2) is 0 Å². The minimum atomic E-state index is 0.0661. The largest absolute Gasteiger partial charge is 0.489 e. The van der Waals surface area contributed by atoms with Crippen LogP contribution < -0.4 is 4.74 Å². The molecule has 0 unspecified atom stereocenters. The predicted molar refractivity (Wildman–Crippen MR) is 68.5 cm³/mol. The normalized spacial score (nSPS) is 11.2. The maximum Gasteiger partial charge on any atom is 0.124 e. The van der Waals surface area contributed by atoms with Gasteiger partial charge >= 0.3 is 0 Å². The van der Waals surface area contributed by atoms with Gasteiger partial charge in [-0.3, -0.25) is 0 Å². The zero-order valence-corrected chi connectivity index (χ0v) is 11.1. The van der Waals surface area contributed by atoms with Gasteiger partial charge in [0.15, 0.2) is 0 Å². The molecule has 82 valence electrons. The summed E-state index contributed by atoms with van der Waals surface area (Å²) in [6.07, 6.45) is 1.76. The van der Waals surface area contributed by atoms with E-state index < -0.39 is 0 Å². The van der Waals surface area contributed by atoms with Crippen molar-refractivity contribution in [2.75, 3.05) is 6.61 Å². The van der Waals surface area contributed by atoms with Crippen LogP contribution in [0.4, 0.5) is 0 Å². The summed E-state index contributed by atoms with van der Waals surface area (Å²) in [6, 6.07) is 6.02. The first-order valence-electron chi connectivity index (χ1n) is 4.99. The molecule has 0 aliphatic rings. The summed E-state index contributed by atoms with van der Waals surface area (Å²) in [5.74, 6) is 0.928. The van der Waals surface area contributed by atoms with Gasteiger partial charge in [-0.1, -0.05) is 55.4 Å². The Morgan fingerprint density at radius 2 is 2.07 bits per heavy atom. The van der Waals surface area contributed by atoms with Crippen LogP contribution in [0.15, 0.2) is 35.3 Å². The van der Waals surface area contributed by atoms with Crippen molar-refractivity contribution in [3.8, 4) is 5.75 Å². The van der Waals surface area contributed by atoms with Gasteiger partial charge in [-0.05, 0) is 17.5 Å². The average molecular weight is 269 g/mol. The second-order valence-corrected chi connectivity index (χ2v) is 5.32. The maximum atomic E-state index is 5.65. The van der Waals surface area contributed by atoms with Crippen molar-refractivity contribution in [1.82, 2.24) is 0 Å². The van der Waals surface area contributed by atoms with E-state index in [-0.39, 0.29) is 5.41 Å². The zero-order valence-electron chi connectivity index (χ0n) is 9.51. The van der Waals surface area contributed by atoms with Crippen molar-refractivity contribution in [3.63, 3.8) is 0 Å². The van der Waals surface area contributed by atoms with Crippen LogP contribution >= 0.6 is 15.9 Å². The summed E-state index contributed by atoms with van der Waals surface area (Å²) in [6.45, 7) is 10.7. The predicted octanol–water partition coefficient (Wildman–Crippen LogP) is 4.31. The lowest BCUT2D eigenvalue weighted by atomic mass is 9.86. The number of halogens is 1. The first-order valence-corrected chi connectivity index (χ1v) is 5.79. The second-order valence-electron chi connectivity index (χ2n) is 4.46. The van der Waals surface area contributed by atoms with Crippen LogP contribution in [0.25, 0.3) is 0 Å². The second kappa shape index (κ2) is 4.84. The van der Waals surface area contributed by atoms with Gasteiger partial charge in [0.25, 0.3) is 0 Å². The van der Waals surface area contributed by atoms with Crippen LogP contribution in [-0.2, 0) is 5.41 Å². The van der Waals surface area contributed by atoms with Crippen molar-refractivity contribution < 1.29 is 4.74 Å². The Balaban J connectivity index is 3.14. The summed E-state index contributed by atoms with van der Waals surface area (Å²) in [5.41, 5.74) is 1.27. The van der Waals surface area contributed by atoms with Crippen LogP contribution in [0.1, 0.15) is 26.3 Å². The van der Waals surface area contributed by atoms with Crippen LogP contribution in [0.5, 0.6) is 5.75 Å². The van der Waals surface area contributed by atoms with Gasteiger partial charge in [0.2, 0.25) is 0 Å². The van der Waals surface area contributed by atoms with Crippen LogP contribution in [0.2, 0.25) is 0 Å². The lowest BCUT2D eigenvalue weighted by Crippen LogP contribution is -2.14. The molecule has 0 saturated carbocycles. The number of hydrogen-bond donors (Lipinski definition) is 0. The number of hydrogen-bond acceptors (Lipinski definition) is 1. The van der Waals surface area contributed by atoms with Crippen molar-refractivity contribution >= 4 is 15.9 Å². The molecule has 0 aromatic heterocycles. The Morgan fingerprint density at radius 1 is 1.40 bits per heavy atom. The van der Waals surface area contributed by atoms with E-state index in [1.165, 1.54) is 5.56 Å². The van der Waals surface area contributed by atoms with Gasteiger partial charge in [0, 0.05) is 10.0 Å². The molecule has 0 fully saturated rings. The molecule has 1 aromatic carbocycles. The van der Waals surface area contributed by atoms with Gasteiger partial charge in [-0.2, -0.15) is 0 Å². The molecule has 0 spiro atoms. The summed E-state index contributed by atoms with van der Waals surface area (Å²) in [7, 11) is 0. The van der Waals surface area contributed by atoms with E-state index in [4.69, 9.17) is 4.74 Å². The minimum absolute atomic E-state index is 0.0661. The summed E-state index contributed by atoms with van der Waals surface area (Å²) < 4.78 is 6.74. The topological polar surface area (TPSA) is 9.23 Å². The zero-order chi connectivity index (χ0) is 11.5. The standard InChI is InChI=1S/C13H17BrO/c1-5-9-15-11-8-6-7-10(14)12(11)13(2,3)4/h5-8H,1,9H2,2-4H3. The van der Waals surface area contributed by atoms with Gasteiger partial charge in [-0.15, -0.1) is 0 Å². The highest BCUT2D eigenvalue weighted by atomic mass is 79.9. The van der Waals surface area contributed by atoms with E-state index in [9.17, 15) is 0 Å². The van der Waals surface area contributed by atoms with Crippen LogP contribution in [0, 0.1) is 0 Å². The molecule has 0 heterocycles. The van der Waals surface area contributed by atoms with Gasteiger partial charge in [0.1, 0.15) is 12.4 Å². The molecule has 1 nitrogen and oxygen atoms in total. The van der Waals surface area contributed by atoms with E-state index in [0.29, 0.717) is 6.61 Å². The monoisotopic (exact) mass is 268 g/mol. The third-order valence-corrected chi connectivity index (χ3v) is 2.74.